The molecule has 0 radical (unpaired) electrons. The van der Waals surface area contributed by atoms with Gasteiger partial charge in [0, 0.05) is 12.0 Å². The second-order valence-corrected chi connectivity index (χ2v) is 3.54. The summed E-state index contributed by atoms with van der Waals surface area (Å²) >= 11 is 0. The van der Waals surface area contributed by atoms with Crippen molar-refractivity contribution >= 4 is 6.29 Å². The maximum atomic E-state index is 10.5. The van der Waals surface area contributed by atoms with Crippen molar-refractivity contribution in [1.82, 2.24) is 0 Å². The molecule has 1 aromatic rings. The fourth-order valence-electron chi connectivity index (χ4n) is 1.68. The molecule has 1 N–H and O–H groups in total. The maximum Gasteiger partial charge on any atom is 0.167 e. The molecule has 0 bridgehead atoms. The van der Waals surface area contributed by atoms with Crippen LogP contribution in [0.25, 0.3) is 0 Å². The Balaban J connectivity index is 3.27. The first-order valence-electron chi connectivity index (χ1n) is 5.03. The Morgan fingerprint density at radius 2 is 2.06 bits per heavy atom. The normalized spacial score (nSPS) is 11.9. The lowest BCUT2D eigenvalue weighted by Crippen LogP contribution is -2.01. The van der Waals surface area contributed by atoms with Crippen molar-refractivity contribution in [1.29, 1.82) is 0 Å². The molecule has 0 amide bonds. The summed E-state index contributed by atoms with van der Waals surface area (Å²) in [6.07, 6.45) is 1.15. The van der Waals surface area contributed by atoms with E-state index in [0.29, 0.717) is 23.5 Å². The minimum absolute atomic E-state index is 0.109. The van der Waals surface area contributed by atoms with Gasteiger partial charge in [0.05, 0.1) is 14.2 Å². The van der Waals surface area contributed by atoms with Gasteiger partial charge < -0.3 is 19.4 Å². The number of aromatic hydroxyl groups is 1. The summed E-state index contributed by atoms with van der Waals surface area (Å²) in [5.74, 6) is 1.04. The number of methoxy groups -OCH3 is 2. The van der Waals surface area contributed by atoms with E-state index in [0.717, 1.165) is 6.29 Å². The van der Waals surface area contributed by atoms with Gasteiger partial charge in [-0.15, -0.1) is 0 Å². The first-order chi connectivity index (χ1) is 7.65. The second-order valence-electron chi connectivity index (χ2n) is 3.54. The molecule has 4 heteroatoms. The van der Waals surface area contributed by atoms with E-state index in [-0.39, 0.29) is 11.7 Å². The third-order valence-electron chi connectivity index (χ3n) is 2.50. The van der Waals surface area contributed by atoms with Crippen LogP contribution in [-0.4, -0.2) is 25.6 Å². The van der Waals surface area contributed by atoms with Crippen molar-refractivity contribution in [3.63, 3.8) is 0 Å². The van der Waals surface area contributed by atoms with Gasteiger partial charge in [-0.25, -0.2) is 0 Å². The van der Waals surface area contributed by atoms with Crippen LogP contribution in [0.3, 0.4) is 0 Å². The zero-order valence-electron chi connectivity index (χ0n) is 9.69. The van der Waals surface area contributed by atoms with Crippen molar-refractivity contribution in [2.75, 3.05) is 14.2 Å². The van der Waals surface area contributed by atoms with E-state index >= 15 is 0 Å². The Morgan fingerprint density at radius 1 is 1.38 bits per heavy atom. The monoisotopic (exact) mass is 224 g/mol. The second kappa shape index (κ2) is 5.39. The van der Waals surface area contributed by atoms with Gasteiger partial charge in [-0.3, -0.25) is 0 Å². The molecule has 0 aromatic heterocycles. The van der Waals surface area contributed by atoms with Crippen LogP contribution in [-0.2, 0) is 4.79 Å². The third kappa shape index (κ3) is 2.27. The van der Waals surface area contributed by atoms with Gasteiger partial charge in [0.25, 0.3) is 0 Å². The van der Waals surface area contributed by atoms with Gasteiger partial charge in [0.1, 0.15) is 12.0 Å². The molecular formula is C12H16O4. The minimum Gasteiger partial charge on any atom is -0.508 e. The number of hydrogen-bond acceptors (Lipinski definition) is 4. The SMILES string of the molecule is COc1ccc(O)c(C(C)CC=O)c1OC. The summed E-state index contributed by atoms with van der Waals surface area (Å²) in [6.45, 7) is 1.85. The van der Waals surface area contributed by atoms with Crippen LogP contribution in [0, 0.1) is 0 Å². The van der Waals surface area contributed by atoms with Crippen LogP contribution in [0.4, 0.5) is 0 Å². The summed E-state index contributed by atoms with van der Waals surface area (Å²) < 4.78 is 10.4. The molecule has 0 saturated heterocycles. The zero-order chi connectivity index (χ0) is 12.1. The van der Waals surface area contributed by atoms with Crippen LogP contribution in [0.2, 0.25) is 0 Å². The van der Waals surface area contributed by atoms with Gasteiger partial charge in [-0.2, -0.15) is 0 Å². The number of aldehydes is 1. The summed E-state index contributed by atoms with van der Waals surface area (Å²) in [7, 11) is 3.04. The van der Waals surface area contributed by atoms with Gasteiger partial charge in [-0.05, 0) is 18.1 Å². The highest BCUT2D eigenvalue weighted by Gasteiger charge is 2.19. The molecule has 0 aliphatic heterocycles. The molecule has 0 spiro atoms. The number of benzene rings is 1. The standard InChI is InChI=1S/C12H16O4/c1-8(6-7-13)11-9(14)4-5-10(15-2)12(11)16-3/h4-5,7-8,14H,6H2,1-3H3. The maximum absolute atomic E-state index is 10.5. The predicted octanol–water partition coefficient (Wildman–Crippen LogP) is 2.10. The Morgan fingerprint density at radius 3 is 2.56 bits per heavy atom. The highest BCUT2D eigenvalue weighted by molar-refractivity contribution is 5.58. The molecule has 1 rings (SSSR count). The molecule has 1 unspecified atom stereocenters. The number of carbonyl (C=O) groups excluding carboxylic acids is 1. The quantitative estimate of drug-likeness (QED) is 0.778. The lowest BCUT2D eigenvalue weighted by atomic mass is 9.96. The first kappa shape index (κ1) is 12.4. The van der Waals surface area contributed by atoms with Gasteiger partial charge in [-0.1, -0.05) is 6.92 Å². The zero-order valence-corrected chi connectivity index (χ0v) is 9.69. The Bertz CT molecular complexity index is 374. The fraction of sp³-hybridized carbons (Fsp3) is 0.417. The summed E-state index contributed by atoms with van der Waals surface area (Å²) in [5, 5.41) is 9.79. The number of phenolic OH excluding ortho intramolecular Hbond substituents is 1. The van der Waals surface area contributed by atoms with Crippen LogP contribution >= 0.6 is 0 Å². The summed E-state index contributed by atoms with van der Waals surface area (Å²) in [4.78, 5) is 10.5. The van der Waals surface area contributed by atoms with Crippen molar-refractivity contribution < 1.29 is 19.4 Å². The molecule has 0 fully saturated rings. The minimum atomic E-state index is -0.109. The molecule has 1 aromatic carbocycles. The molecule has 0 saturated carbocycles. The van der Waals surface area contributed by atoms with Crippen LogP contribution < -0.4 is 9.47 Å². The number of carbonyl (C=O) groups is 1. The molecule has 0 aliphatic rings. The van der Waals surface area contributed by atoms with Crippen molar-refractivity contribution in [3.8, 4) is 17.2 Å². The number of rotatable bonds is 5. The van der Waals surface area contributed by atoms with E-state index in [9.17, 15) is 9.90 Å². The smallest absolute Gasteiger partial charge is 0.167 e. The Kier molecular flexibility index (Phi) is 4.17. The molecule has 1 atom stereocenters. The highest BCUT2D eigenvalue weighted by Crippen LogP contribution is 2.41. The van der Waals surface area contributed by atoms with Gasteiger partial charge >= 0.3 is 0 Å². The summed E-state index contributed by atoms with van der Waals surface area (Å²) in [6, 6.07) is 3.17. The molecule has 0 heterocycles. The molecule has 4 nitrogen and oxygen atoms in total. The van der Waals surface area contributed by atoms with E-state index in [2.05, 4.69) is 0 Å². The van der Waals surface area contributed by atoms with E-state index in [1.807, 2.05) is 6.92 Å². The Hall–Kier alpha value is -1.71. The van der Waals surface area contributed by atoms with E-state index in [1.54, 1.807) is 6.07 Å². The molecule has 16 heavy (non-hydrogen) atoms. The van der Waals surface area contributed by atoms with Crippen LogP contribution in [0.1, 0.15) is 24.8 Å². The lowest BCUT2D eigenvalue weighted by molar-refractivity contribution is -0.108. The summed E-state index contributed by atoms with van der Waals surface area (Å²) in [5.41, 5.74) is 0.606. The average molecular weight is 224 g/mol. The van der Waals surface area contributed by atoms with Crippen molar-refractivity contribution in [2.45, 2.75) is 19.3 Å². The highest BCUT2D eigenvalue weighted by atomic mass is 16.5. The molecule has 0 aliphatic carbocycles. The first-order valence-corrected chi connectivity index (χ1v) is 5.03. The number of hydrogen-bond donors (Lipinski definition) is 1. The van der Waals surface area contributed by atoms with E-state index in [1.165, 1.54) is 20.3 Å². The molecular weight excluding hydrogens is 208 g/mol. The average Bonchev–Trinajstić information content (AvgIpc) is 2.28. The molecule has 88 valence electrons. The van der Waals surface area contributed by atoms with Gasteiger partial charge in [0.15, 0.2) is 11.5 Å². The fourth-order valence-corrected chi connectivity index (χ4v) is 1.68. The largest absolute Gasteiger partial charge is 0.508 e. The van der Waals surface area contributed by atoms with E-state index < -0.39 is 0 Å². The third-order valence-corrected chi connectivity index (χ3v) is 2.50. The van der Waals surface area contributed by atoms with E-state index in [4.69, 9.17) is 9.47 Å². The van der Waals surface area contributed by atoms with Crippen molar-refractivity contribution in [3.05, 3.63) is 17.7 Å². The topological polar surface area (TPSA) is 55.8 Å². The van der Waals surface area contributed by atoms with Crippen LogP contribution in [0.5, 0.6) is 17.2 Å². The number of phenols is 1. The van der Waals surface area contributed by atoms with Crippen molar-refractivity contribution in [2.24, 2.45) is 0 Å². The van der Waals surface area contributed by atoms with Crippen LogP contribution in [0.15, 0.2) is 12.1 Å². The predicted molar refractivity (Wildman–Crippen MR) is 60.3 cm³/mol. The Labute approximate surface area is 94.8 Å². The van der Waals surface area contributed by atoms with Gasteiger partial charge in [0.2, 0.25) is 0 Å². The number of ether oxygens (including phenoxy) is 2. The lowest BCUT2D eigenvalue weighted by Gasteiger charge is -2.17.